The molecule has 0 saturated heterocycles. The third kappa shape index (κ3) is 1.80. The van der Waals surface area contributed by atoms with Crippen LogP contribution in [-0.4, -0.2) is 9.97 Å². The molecule has 1 aromatic rings. The molecule has 0 aliphatic carbocycles. The summed E-state index contributed by atoms with van der Waals surface area (Å²) in [6, 6.07) is 0. The van der Waals surface area contributed by atoms with Crippen LogP contribution in [-0.2, 0) is 0 Å². The smallest absolute Gasteiger partial charge is 0.0931 e. The third-order valence-corrected chi connectivity index (χ3v) is 1.36. The SMILES string of the molecule is C/C=C\c1nc[nH]c1/C=C\C. The summed E-state index contributed by atoms with van der Waals surface area (Å²) in [5.41, 5.74) is 2.05. The monoisotopic (exact) mass is 148 g/mol. The third-order valence-electron chi connectivity index (χ3n) is 1.36. The molecule has 0 spiro atoms. The Labute approximate surface area is 66.7 Å². The van der Waals surface area contributed by atoms with Crippen LogP contribution in [0.5, 0.6) is 0 Å². The van der Waals surface area contributed by atoms with E-state index in [1.54, 1.807) is 6.33 Å². The fourth-order valence-electron chi connectivity index (χ4n) is 0.906. The van der Waals surface area contributed by atoms with Crippen molar-refractivity contribution in [3.8, 4) is 0 Å². The highest BCUT2D eigenvalue weighted by atomic mass is 14.9. The molecular weight excluding hydrogens is 136 g/mol. The van der Waals surface area contributed by atoms with Crippen LogP contribution in [0.25, 0.3) is 12.2 Å². The number of hydrogen-bond acceptors (Lipinski definition) is 1. The van der Waals surface area contributed by atoms with Gasteiger partial charge in [-0.15, -0.1) is 0 Å². The molecule has 0 aliphatic rings. The topological polar surface area (TPSA) is 28.7 Å². The highest BCUT2D eigenvalue weighted by Gasteiger charge is 1.95. The molecule has 1 N–H and O–H groups in total. The number of nitrogens with zero attached hydrogens (tertiary/aromatic N) is 1. The van der Waals surface area contributed by atoms with Gasteiger partial charge in [-0.05, 0) is 26.0 Å². The van der Waals surface area contributed by atoms with Crippen LogP contribution in [0.3, 0.4) is 0 Å². The molecule has 58 valence electrons. The Morgan fingerprint density at radius 1 is 1.27 bits per heavy atom. The maximum Gasteiger partial charge on any atom is 0.0931 e. The maximum absolute atomic E-state index is 4.13. The van der Waals surface area contributed by atoms with Gasteiger partial charge in [0.1, 0.15) is 0 Å². The van der Waals surface area contributed by atoms with Gasteiger partial charge in [0.05, 0.1) is 17.7 Å². The van der Waals surface area contributed by atoms with E-state index < -0.39 is 0 Å². The van der Waals surface area contributed by atoms with E-state index in [1.807, 2.05) is 38.2 Å². The number of imidazole rings is 1. The van der Waals surface area contributed by atoms with Crippen LogP contribution < -0.4 is 0 Å². The Hall–Kier alpha value is -1.31. The lowest BCUT2D eigenvalue weighted by molar-refractivity contribution is 1.30. The Morgan fingerprint density at radius 2 is 2.00 bits per heavy atom. The summed E-state index contributed by atoms with van der Waals surface area (Å²) >= 11 is 0. The molecule has 1 rings (SSSR count). The van der Waals surface area contributed by atoms with Crippen LogP contribution in [0.15, 0.2) is 18.5 Å². The zero-order chi connectivity index (χ0) is 8.10. The molecule has 1 heterocycles. The van der Waals surface area contributed by atoms with Gasteiger partial charge in [-0.1, -0.05) is 12.2 Å². The lowest BCUT2D eigenvalue weighted by atomic mass is 10.3. The zero-order valence-corrected chi connectivity index (χ0v) is 6.83. The summed E-state index contributed by atoms with van der Waals surface area (Å²) < 4.78 is 0. The minimum Gasteiger partial charge on any atom is -0.345 e. The molecule has 2 heteroatoms. The molecule has 1 aromatic heterocycles. The van der Waals surface area contributed by atoms with Gasteiger partial charge in [-0.2, -0.15) is 0 Å². The van der Waals surface area contributed by atoms with Crippen molar-refractivity contribution in [1.82, 2.24) is 9.97 Å². The Balaban J connectivity index is 2.95. The van der Waals surface area contributed by atoms with Crippen molar-refractivity contribution in [2.24, 2.45) is 0 Å². The fourth-order valence-corrected chi connectivity index (χ4v) is 0.906. The largest absolute Gasteiger partial charge is 0.345 e. The summed E-state index contributed by atoms with van der Waals surface area (Å²) in [6.07, 6.45) is 9.64. The van der Waals surface area contributed by atoms with E-state index in [4.69, 9.17) is 0 Å². The first-order valence-electron chi connectivity index (χ1n) is 3.67. The molecule has 0 saturated carbocycles. The molecule has 0 amide bonds. The van der Waals surface area contributed by atoms with Gasteiger partial charge < -0.3 is 4.98 Å². The summed E-state index contributed by atoms with van der Waals surface area (Å²) in [4.78, 5) is 7.17. The van der Waals surface area contributed by atoms with Gasteiger partial charge in [0.15, 0.2) is 0 Å². The van der Waals surface area contributed by atoms with Gasteiger partial charge in [0.25, 0.3) is 0 Å². The van der Waals surface area contributed by atoms with E-state index in [9.17, 15) is 0 Å². The second kappa shape index (κ2) is 3.76. The Bertz CT molecular complexity index is 242. The van der Waals surface area contributed by atoms with Crippen molar-refractivity contribution >= 4 is 12.2 Å². The number of nitrogens with one attached hydrogen (secondary N) is 1. The van der Waals surface area contributed by atoms with Crippen LogP contribution in [0.1, 0.15) is 25.2 Å². The first-order chi connectivity index (χ1) is 5.38. The fraction of sp³-hybridized carbons (Fsp3) is 0.222. The average Bonchev–Trinajstić information content (AvgIpc) is 2.39. The summed E-state index contributed by atoms with van der Waals surface area (Å²) in [7, 11) is 0. The maximum atomic E-state index is 4.13. The first kappa shape index (κ1) is 7.79. The quantitative estimate of drug-likeness (QED) is 0.685. The Kier molecular flexibility index (Phi) is 2.66. The molecule has 0 radical (unpaired) electrons. The highest BCUT2D eigenvalue weighted by molar-refractivity contribution is 5.58. The minimum absolute atomic E-state index is 0.991. The molecule has 0 unspecified atom stereocenters. The predicted octanol–water partition coefficient (Wildman–Crippen LogP) is 2.48. The van der Waals surface area contributed by atoms with Gasteiger partial charge in [0, 0.05) is 0 Å². The van der Waals surface area contributed by atoms with E-state index in [0.717, 1.165) is 11.4 Å². The van der Waals surface area contributed by atoms with Crippen LogP contribution >= 0.6 is 0 Å². The van der Waals surface area contributed by atoms with Crippen LogP contribution in [0, 0.1) is 0 Å². The van der Waals surface area contributed by atoms with Crippen molar-refractivity contribution < 1.29 is 0 Å². The summed E-state index contributed by atoms with van der Waals surface area (Å²) in [5.74, 6) is 0. The average molecular weight is 148 g/mol. The van der Waals surface area contributed by atoms with Crippen LogP contribution in [0.4, 0.5) is 0 Å². The number of rotatable bonds is 2. The molecular formula is C9H12N2. The lowest BCUT2D eigenvalue weighted by Gasteiger charge is -1.87. The number of aromatic amines is 1. The van der Waals surface area contributed by atoms with E-state index in [1.165, 1.54) is 0 Å². The van der Waals surface area contributed by atoms with Crippen molar-refractivity contribution in [2.45, 2.75) is 13.8 Å². The number of hydrogen-bond donors (Lipinski definition) is 1. The second-order valence-corrected chi connectivity index (χ2v) is 2.20. The van der Waals surface area contributed by atoms with Crippen molar-refractivity contribution in [1.29, 1.82) is 0 Å². The molecule has 0 aromatic carbocycles. The highest BCUT2D eigenvalue weighted by Crippen LogP contribution is 2.06. The van der Waals surface area contributed by atoms with Gasteiger partial charge in [-0.25, -0.2) is 4.98 Å². The molecule has 0 fully saturated rings. The van der Waals surface area contributed by atoms with Gasteiger partial charge in [0.2, 0.25) is 0 Å². The van der Waals surface area contributed by atoms with E-state index in [2.05, 4.69) is 9.97 Å². The van der Waals surface area contributed by atoms with Crippen molar-refractivity contribution in [2.75, 3.05) is 0 Å². The molecule has 0 aliphatic heterocycles. The lowest BCUT2D eigenvalue weighted by Crippen LogP contribution is -1.75. The standard InChI is InChI=1S/C9H12N2/c1-3-5-8-9(6-4-2)11-7-10-8/h3-7H,1-2H3,(H,10,11)/b5-3-,6-4-. The first-order valence-corrected chi connectivity index (χ1v) is 3.67. The number of aromatic nitrogens is 2. The van der Waals surface area contributed by atoms with Gasteiger partial charge >= 0.3 is 0 Å². The number of allylic oxidation sites excluding steroid dienone is 2. The molecule has 11 heavy (non-hydrogen) atoms. The Morgan fingerprint density at radius 3 is 2.64 bits per heavy atom. The van der Waals surface area contributed by atoms with Crippen molar-refractivity contribution in [3.05, 3.63) is 29.9 Å². The minimum atomic E-state index is 0.991. The van der Waals surface area contributed by atoms with E-state index in [-0.39, 0.29) is 0 Å². The predicted molar refractivity (Wildman–Crippen MR) is 48.0 cm³/mol. The van der Waals surface area contributed by atoms with Crippen LogP contribution in [0.2, 0.25) is 0 Å². The van der Waals surface area contributed by atoms with Gasteiger partial charge in [-0.3, -0.25) is 0 Å². The second-order valence-electron chi connectivity index (χ2n) is 2.20. The van der Waals surface area contributed by atoms with E-state index in [0.29, 0.717) is 0 Å². The number of H-pyrrole nitrogens is 1. The van der Waals surface area contributed by atoms with Crippen molar-refractivity contribution in [3.63, 3.8) is 0 Å². The molecule has 0 atom stereocenters. The molecule has 0 bridgehead atoms. The zero-order valence-electron chi connectivity index (χ0n) is 6.83. The van der Waals surface area contributed by atoms with E-state index >= 15 is 0 Å². The summed E-state index contributed by atoms with van der Waals surface area (Å²) in [6.45, 7) is 3.97. The normalized spacial score (nSPS) is 11.8. The molecule has 2 nitrogen and oxygen atoms in total. The summed E-state index contributed by atoms with van der Waals surface area (Å²) in [5, 5.41) is 0.